The second-order valence-corrected chi connectivity index (χ2v) is 8.21. The minimum Gasteiger partial charge on any atom is -0.497 e. The minimum atomic E-state index is -0.260. The number of hydrogen-bond acceptors (Lipinski definition) is 5. The van der Waals surface area contributed by atoms with E-state index in [1.807, 2.05) is 18.2 Å². The fourth-order valence-corrected chi connectivity index (χ4v) is 4.43. The number of nitrogens with one attached hydrogen (secondary N) is 1. The maximum Gasteiger partial charge on any atom is 0.251 e. The second kappa shape index (κ2) is 10.6. The minimum absolute atomic E-state index is 0.124. The molecule has 6 nitrogen and oxygen atoms in total. The molecular weight excluding hydrogens is 435 g/mol. The van der Waals surface area contributed by atoms with Crippen LogP contribution in [0.5, 0.6) is 17.2 Å². The topological polar surface area (TPSA) is 60.0 Å². The van der Waals surface area contributed by atoms with Gasteiger partial charge >= 0.3 is 0 Å². The Kier molecular flexibility index (Phi) is 7.33. The average Bonchev–Trinajstić information content (AvgIpc) is 2.87. The van der Waals surface area contributed by atoms with E-state index in [0.29, 0.717) is 35.9 Å². The van der Waals surface area contributed by atoms with Crippen LogP contribution in [0.3, 0.4) is 0 Å². The fraction of sp³-hybridized carbons (Fsp3) is 0.296. The third kappa shape index (κ3) is 5.15. The quantitative estimate of drug-likeness (QED) is 0.536. The van der Waals surface area contributed by atoms with E-state index < -0.39 is 0 Å². The molecule has 3 aromatic rings. The maximum atomic E-state index is 13.8. The number of carbonyl (C=O) groups is 1. The molecule has 1 heterocycles. The lowest BCUT2D eigenvalue weighted by Crippen LogP contribution is -2.41. The van der Waals surface area contributed by atoms with Crippen molar-refractivity contribution in [1.29, 1.82) is 0 Å². The highest BCUT2D eigenvalue weighted by Gasteiger charge is 2.30. The van der Waals surface area contributed by atoms with Crippen molar-refractivity contribution >= 4 is 5.91 Å². The van der Waals surface area contributed by atoms with Gasteiger partial charge in [-0.15, -0.1) is 0 Å². The largest absolute Gasteiger partial charge is 0.497 e. The molecule has 0 unspecified atom stereocenters. The number of methoxy groups -OCH3 is 3. The number of halogens is 1. The Morgan fingerprint density at radius 1 is 1.00 bits per heavy atom. The van der Waals surface area contributed by atoms with Crippen molar-refractivity contribution < 1.29 is 23.4 Å². The van der Waals surface area contributed by atoms with Crippen molar-refractivity contribution in [1.82, 2.24) is 10.2 Å². The lowest BCUT2D eigenvalue weighted by atomic mass is 9.91. The van der Waals surface area contributed by atoms with E-state index in [1.54, 1.807) is 57.7 Å². The van der Waals surface area contributed by atoms with Gasteiger partial charge in [0.15, 0.2) is 11.5 Å². The van der Waals surface area contributed by atoms with Crippen molar-refractivity contribution in [3.05, 3.63) is 88.7 Å². The monoisotopic (exact) mass is 464 g/mol. The van der Waals surface area contributed by atoms with Crippen LogP contribution in [0, 0.1) is 5.82 Å². The first kappa shape index (κ1) is 23.6. The Hall–Kier alpha value is -3.58. The molecule has 1 N–H and O–H groups in total. The van der Waals surface area contributed by atoms with Gasteiger partial charge in [0.25, 0.3) is 5.91 Å². The molecular formula is C27H29FN2O4. The van der Waals surface area contributed by atoms with Crippen molar-refractivity contribution in [2.45, 2.75) is 19.0 Å². The first-order chi connectivity index (χ1) is 16.5. The average molecular weight is 465 g/mol. The van der Waals surface area contributed by atoms with Crippen LogP contribution < -0.4 is 19.5 Å². The Morgan fingerprint density at radius 2 is 1.76 bits per heavy atom. The molecule has 1 atom stereocenters. The predicted octanol–water partition coefficient (Wildman–Crippen LogP) is 4.38. The van der Waals surface area contributed by atoms with Crippen LogP contribution in [0.4, 0.5) is 4.39 Å². The summed E-state index contributed by atoms with van der Waals surface area (Å²) in [5.74, 6) is 1.50. The third-order valence-electron chi connectivity index (χ3n) is 6.18. The standard InChI is InChI=1S/C27H29FN2O4/c1-32-22-9-5-7-20(13-22)27(31)29-16-24-23-15-26(34-3)25(33-2)14-19(23)10-11-30(24)17-18-6-4-8-21(28)12-18/h4-9,12-15,24H,10-11,16-17H2,1-3H3,(H,29,31)/t24-/m1/s1. The van der Waals surface area contributed by atoms with Crippen LogP contribution in [-0.4, -0.2) is 45.2 Å². The van der Waals surface area contributed by atoms with Gasteiger partial charge in [0.2, 0.25) is 0 Å². The van der Waals surface area contributed by atoms with E-state index in [0.717, 1.165) is 29.7 Å². The van der Waals surface area contributed by atoms with Crippen molar-refractivity contribution in [2.75, 3.05) is 34.4 Å². The molecule has 1 aliphatic rings. The van der Waals surface area contributed by atoms with Gasteiger partial charge in [-0.25, -0.2) is 4.39 Å². The molecule has 0 aromatic heterocycles. The summed E-state index contributed by atoms with van der Waals surface area (Å²) in [5.41, 5.74) is 3.62. The summed E-state index contributed by atoms with van der Waals surface area (Å²) in [6.07, 6.45) is 0.811. The molecule has 0 aliphatic carbocycles. The van der Waals surface area contributed by atoms with Crippen molar-refractivity contribution in [3.63, 3.8) is 0 Å². The summed E-state index contributed by atoms with van der Waals surface area (Å²) in [4.78, 5) is 15.2. The van der Waals surface area contributed by atoms with E-state index in [9.17, 15) is 9.18 Å². The number of carbonyl (C=O) groups excluding carboxylic acids is 1. The summed E-state index contributed by atoms with van der Waals surface area (Å²) in [5, 5.41) is 3.07. The van der Waals surface area contributed by atoms with Crippen molar-refractivity contribution in [3.8, 4) is 17.2 Å². The maximum absolute atomic E-state index is 13.8. The number of amides is 1. The van der Waals surface area contributed by atoms with Crippen molar-refractivity contribution in [2.24, 2.45) is 0 Å². The number of ether oxygens (including phenoxy) is 3. The Labute approximate surface area is 199 Å². The van der Waals surface area contributed by atoms with Gasteiger partial charge in [-0.3, -0.25) is 9.69 Å². The van der Waals surface area contributed by atoms with Gasteiger partial charge in [0.1, 0.15) is 11.6 Å². The predicted molar refractivity (Wildman–Crippen MR) is 128 cm³/mol. The summed E-state index contributed by atoms with van der Waals surface area (Å²) < 4.78 is 30.1. The lowest BCUT2D eigenvalue weighted by molar-refractivity contribution is 0.0925. The molecule has 0 saturated heterocycles. The number of rotatable bonds is 8. The first-order valence-corrected chi connectivity index (χ1v) is 11.2. The molecule has 7 heteroatoms. The van der Waals surface area contributed by atoms with Crippen LogP contribution in [-0.2, 0) is 13.0 Å². The molecule has 178 valence electrons. The summed E-state index contributed by atoms with van der Waals surface area (Å²) in [6, 6.07) is 17.5. The van der Waals surface area contributed by atoms with E-state index in [2.05, 4.69) is 10.2 Å². The number of fused-ring (bicyclic) bond motifs is 1. The molecule has 3 aromatic carbocycles. The third-order valence-corrected chi connectivity index (χ3v) is 6.18. The Balaban J connectivity index is 1.62. The summed E-state index contributed by atoms with van der Waals surface area (Å²) >= 11 is 0. The number of nitrogens with zero attached hydrogens (tertiary/aromatic N) is 1. The van der Waals surface area contributed by atoms with E-state index in [4.69, 9.17) is 14.2 Å². The van der Waals surface area contributed by atoms with Crippen LogP contribution in [0.1, 0.15) is 33.1 Å². The molecule has 0 bridgehead atoms. The van der Waals surface area contributed by atoms with Crippen LogP contribution in [0.25, 0.3) is 0 Å². The van der Waals surface area contributed by atoms with Gasteiger partial charge in [0.05, 0.1) is 27.4 Å². The molecule has 1 amide bonds. The number of hydrogen-bond donors (Lipinski definition) is 1. The number of benzene rings is 3. The zero-order valence-corrected chi connectivity index (χ0v) is 19.6. The molecule has 0 saturated carbocycles. The highest BCUT2D eigenvalue weighted by atomic mass is 19.1. The zero-order chi connectivity index (χ0) is 24.1. The molecule has 0 spiro atoms. The molecule has 34 heavy (non-hydrogen) atoms. The van der Waals surface area contributed by atoms with Gasteiger partial charge in [-0.05, 0) is 65.6 Å². The van der Waals surface area contributed by atoms with Crippen LogP contribution in [0.15, 0.2) is 60.7 Å². The highest BCUT2D eigenvalue weighted by Crippen LogP contribution is 2.38. The SMILES string of the molecule is COc1cccc(C(=O)NC[C@@H]2c3cc(OC)c(OC)cc3CCN2Cc2cccc(F)c2)c1. The molecule has 1 aliphatic heterocycles. The normalized spacial score (nSPS) is 15.4. The van der Waals surface area contributed by atoms with E-state index in [1.165, 1.54) is 6.07 Å². The lowest BCUT2D eigenvalue weighted by Gasteiger charge is -2.38. The smallest absolute Gasteiger partial charge is 0.251 e. The summed E-state index contributed by atoms with van der Waals surface area (Å²) in [7, 11) is 4.80. The first-order valence-electron chi connectivity index (χ1n) is 11.2. The molecule has 0 fully saturated rings. The van der Waals surface area contributed by atoms with Crippen LogP contribution in [0.2, 0.25) is 0 Å². The fourth-order valence-electron chi connectivity index (χ4n) is 4.43. The van der Waals surface area contributed by atoms with Gasteiger partial charge in [-0.1, -0.05) is 18.2 Å². The summed E-state index contributed by atoms with van der Waals surface area (Å²) in [6.45, 7) is 1.71. The van der Waals surface area contributed by atoms with E-state index >= 15 is 0 Å². The zero-order valence-electron chi connectivity index (χ0n) is 19.6. The second-order valence-electron chi connectivity index (χ2n) is 8.21. The van der Waals surface area contributed by atoms with Crippen LogP contribution >= 0.6 is 0 Å². The van der Waals surface area contributed by atoms with E-state index in [-0.39, 0.29) is 17.8 Å². The molecule has 0 radical (unpaired) electrons. The van der Waals surface area contributed by atoms with Gasteiger partial charge in [0, 0.05) is 25.2 Å². The van der Waals surface area contributed by atoms with Gasteiger partial charge in [-0.2, -0.15) is 0 Å². The van der Waals surface area contributed by atoms with Gasteiger partial charge < -0.3 is 19.5 Å². The Morgan fingerprint density at radius 3 is 2.50 bits per heavy atom. The molecule has 4 rings (SSSR count). The Bertz CT molecular complexity index is 1170. The highest BCUT2D eigenvalue weighted by molar-refractivity contribution is 5.94.